The minimum atomic E-state index is 0.427. The summed E-state index contributed by atoms with van der Waals surface area (Å²) in [6.45, 7) is 7.33. The third kappa shape index (κ3) is 3.72. The second-order valence-electron chi connectivity index (χ2n) is 6.97. The molecule has 1 saturated heterocycles. The molecule has 0 spiro atoms. The zero-order valence-corrected chi connectivity index (χ0v) is 13.2. The first-order valence-corrected chi connectivity index (χ1v) is 8.70. The molecule has 2 aliphatic rings. The van der Waals surface area contributed by atoms with Gasteiger partial charge in [-0.2, -0.15) is 0 Å². The summed E-state index contributed by atoms with van der Waals surface area (Å²) >= 11 is 0. The van der Waals surface area contributed by atoms with Crippen molar-refractivity contribution >= 4 is 0 Å². The minimum absolute atomic E-state index is 0.427. The molecule has 19 heavy (non-hydrogen) atoms. The van der Waals surface area contributed by atoms with Crippen molar-refractivity contribution in [3.05, 3.63) is 0 Å². The Morgan fingerprint density at radius 1 is 0.947 bits per heavy atom. The summed E-state index contributed by atoms with van der Waals surface area (Å²) in [6.07, 6.45) is 13.6. The van der Waals surface area contributed by atoms with Gasteiger partial charge in [-0.1, -0.05) is 52.4 Å². The van der Waals surface area contributed by atoms with Gasteiger partial charge < -0.3 is 5.73 Å². The first-order valence-electron chi connectivity index (χ1n) is 8.70. The quantitative estimate of drug-likeness (QED) is 0.838. The smallest absolute Gasteiger partial charge is 0.0247 e. The number of nitrogens with zero attached hydrogens (tertiary/aromatic N) is 1. The summed E-state index contributed by atoms with van der Waals surface area (Å²) < 4.78 is 0. The van der Waals surface area contributed by atoms with E-state index in [2.05, 4.69) is 18.7 Å². The van der Waals surface area contributed by atoms with Gasteiger partial charge in [-0.15, -0.1) is 0 Å². The molecule has 1 aliphatic heterocycles. The predicted octanol–water partition coefficient (Wildman–Crippen LogP) is 3.94. The number of piperidine rings is 1. The fourth-order valence-corrected chi connectivity index (χ4v) is 4.23. The van der Waals surface area contributed by atoms with Gasteiger partial charge in [-0.3, -0.25) is 4.90 Å². The molecule has 1 saturated carbocycles. The highest BCUT2D eigenvalue weighted by atomic mass is 15.2. The van der Waals surface area contributed by atoms with Crippen LogP contribution in [-0.4, -0.2) is 30.1 Å². The lowest BCUT2D eigenvalue weighted by atomic mass is 9.73. The Hall–Kier alpha value is -0.0800. The molecule has 2 unspecified atom stereocenters. The van der Waals surface area contributed by atoms with Crippen LogP contribution in [0.4, 0.5) is 0 Å². The highest BCUT2D eigenvalue weighted by molar-refractivity contribution is 4.90. The SMILES string of the molecule is CCC1(CC)CCN(C2CCCCCCC2N)CC1. The number of nitrogens with two attached hydrogens (primary N) is 1. The van der Waals surface area contributed by atoms with Crippen LogP contribution in [0.2, 0.25) is 0 Å². The van der Waals surface area contributed by atoms with Crippen LogP contribution in [0, 0.1) is 5.41 Å². The van der Waals surface area contributed by atoms with Crippen LogP contribution in [0.3, 0.4) is 0 Å². The third-order valence-electron chi connectivity index (χ3n) is 6.11. The molecule has 1 aliphatic carbocycles. The van der Waals surface area contributed by atoms with E-state index in [9.17, 15) is 0 Å². The summed E-state index contributed by atoms with van der Waals surface area (Å²) in [5, 5.41) is 0. The molecule has 2 nitrogen and oxygen atoms in total. The van der Waals surface area contributed by atoms with Gasteiger partial charge in [-0.05, 0) is 44.2 Å². The maximum Gasteiger partial charge on any atom is 0.0247 e. The average Bonchev–Trinajstić information content (AvgIpc) is 2.44. The number of hydrogen-bond acceptors (Lipinski definition) is 2. The topological polar surface area (TPSA) is 29.3 Å². The van der Waals surface area contributed by atoms with Gasteiger partial charge in [0.1, 0.15) is 0 Å². The molecule has 2 heteroatoms. The molecular weight excluding hydrogens is 232 g/mol. The lowest BCUT2D eigenvalue weighted by molar-refractivity contribution is 0.0501. The first kappa shape index (κ1) is 15.3. The van der Waals surface area contributed by atoms with Crippen LogP contribution < -0.4 is 5.73 Å². The van der Waals surface area contributed by atoms with Crippen molar-refractivity contribution in [2.24, 2.45) is 11.1 Å². The van der Waals surface area contributed by atoms with Crippen LogP contribution in [0.25, 0.3) is 0 Å². The first-order chi connectivity index (χ1) is 9.21. The minimum Gasteiger partial charge on any atom is -0.326 e. The average molecular weight is 266 g/mol. The highest BCUT2D eigenvalue weighted by Crippen LogP contribution is 2.39. The molecular formula is C17H34N2. The molecule has 2 rings (SSSR count). The summed E-state index contributed by atoms with van der Waals surface area (Å²) in [7, 11) is 0. The molecule has 2 atom stereocenters. The van der Waals surface area contributed by atoms with Crippen molar-refractivity contribution in [2.45, 2.75) is 90.1 Å². The van der Waals surface area contributed by atoms with Crippen LogP contribution in [0.5, 0.6) is 0 Å². The Balaban J connectivity index is 1.91. The second-order valence-corrected chi connectivity index (χ2v) is 6.97. The van der Waals surface area contributed by atoms with E-state index in [1.54, 1.807) is 0 Å². The van der Waals surface area contributed by atoms with E-state index in [4.69, 9.17) is 5.73 Å². The lowest BCUT2D eigenvalue weighted by Crippen LogP contribution is -2.52. The van der Waals surface area contributed by atoms with Crippen LogP contribution in [0.1, 0.15) is 78.1 Å². The van der Waals surface area contributed by atoms with Gasteiger partial charge in [-0.25, -0.2) is 0 Å². The Morgan fingerprint density at radius 2 is 1.53 bits per heavy atom. The van der Waals surface area contributed by atoms with Gasteiger partial charge in [0.2, 0.25) is 0 Å². The van der Waals surface area contributed by atoms with E-state index < -0.39 is 0 Å². The van der Waals surface area contributed by atoms with Crippen molar-refractivity contribution in [2.75, 3.05) is 13.1 Å². The lowest BCUT2D eigenvalue weighted by Gasteiger charge is -2.46. The maximum absolute atomic E-state index is 6.47. The predicted molar refractivity (Wildman–Crippen MR) is 83.3 cm³/mol. The van der Waals surface area contributed by atoms with E-state index in [1.165, 1.54) is 77.3 Å². The molecule has 112 valence electrons. The number of hydrogen-bond donors (Lipinski definition) is 1. The Bertz CT molecular complexity index is 250. The Labute approximate surface area is 120 Å². The second kappa shape index (κ2) is 7.08. The van der Waals surface area contributed by atoms with Gasteiger partial charge in [0.05, 0.1) is 0 Å². The van der Waals surface area contributed by atoms with Crippen LogP contribution in [0.15, 0.2) is 0 Å². The monoisotopic (exact) mass is 266 g/mol. The van der Waals surface area contributed by atoms with Crippen molar-refractivity contribution < 1.29 is 0 Å². The standard InChI is InChI=1S/C17H34N2/c1-3-17(4-2)11-13-19(14-12-17)16-10-8-6-5-7-9-15(16)18/h15-16H,3-14,18H2,1-2H3. The Morgan fingerprint density at radius 3 is 2.11 bits per heavy atom. The molecule has 0 radical (unpaired) electrons. The highest BCUT2D eigenvalue weighted by Gasteiger charge is 2.35. The summed E-state index contributed by atoms with van der Waals surface area (Å²) in [5.41, 5.74) is 7.11. The summed E-state index contributed by atoms with van der Waals surface area (Å²) in [4.78, 5) is 2.74. The van der Waals surface area contributed by atoms with Crippen LogP contribution >= 0.6 is 0 Å². The van der Waals surface area contributed by atoms with E-state index in [0.29, 0.717) is 17.5 Å². The zero-order chi connectivity index (χ0) is 13.7. The molecule has 0 aromatic carbocycles. The summed E-state index contributed by atoms with van der Waals surface area (Å²) in [5.74, 6) is 0. The molecule has 1 heterocycles. The fraction of sp³-hybridized carbons (Fsp3) is 1.00. The maximum atomic E-state index is 6.47. The third-order valence-corrected chi connectivity index (χ3v) is 6.11. The van der Waals surface area contributed by atoms with Gasteiger partial charge >= 0.3 is 0 Å². The van der Waals surface area contributed by atoms with Crippen molar-refractivity contribution in [3.63, 3.8) is 0 Å². The Kier molecular flexibility index (Phi) is 5.70. The fourth-order valence-electron chi connectivity index (χ4n) is 4.23. The number of likely N-dealkylation sites (tertiary alicyclic amines) is 1. The normalized spacial score (nSPS) is 33.6. The van der Waals surface area contributed by atoms with Crippen molar-refractivity contribution in [1.82, 2.24) is 4.90 Å². The number of rotatable bonds is 3. The molecule has 0 aromatic heterocycles. The zero-order valence-electron chi connectivity index (χ0n) is 13.2. The van der Waals surface area contributed by atoms with Gasteiger partial charge in [0.15, 0.2) is 0 Å². The molecule has 2 N–H and O–H groups in total. The largest absolute Gasteiger partial charge is 0.326 e. The van der Waals surface area contributed by atoms with E-state index in [0.717, 1.165) is 0 Å². The van der Waals surface area contributed by atoms with Gasteiger partial charge in [0, 0.05) is 12.1 Å². The van der Waals surface area contributed by atoms with E-state index in [1.807, 2.05) is 0 Å². The molecule has 2 fully saturated rings. The van der Waals surface area contributed by atoms with Gasteiger partial charge in [0.25, 0.3) is 0 Å². The van der Waals surface area contributed by atoms with Crippen molar-refractivity contribution in [1.29, 1.82) is 0 Å². The molecule has 0 bridgehead atoms. The van der Waals surface area contributed by atoms with Crippen LogP contribution in [-0.2, 0) is 0 Å². The van der Waals surface area contributed by atoms with E-state index >= 15 is 0 Å². The summed E-state index contributed by atoms with van der Waals surface area (Å²) in [6, 6.07) is 1.10. The van der Waals surface area contributed by atoms with Crippen molar-refractivity contribution in [3.8, 4) is 0 Å². The molecule has 0 aromatic rings. The molecule has 0 amide bonds. The van der Waals surface area contributed by atoms with E-state index in [-0.39, 0.29) is 0 Å².